The van der Waals surface area contributed by atoms with Crippen LogP contribution >= 0.6 is 0 Å². The van der Waals surface area contributed by atoms with Crippen LogP contribution in [0.3, 0.4) is 0 Å². The van der Waals surface area contributed by atoms with Gasteiger partial charge in [-0.2, -0.15) is 0 Å². The molecule has 6 nitrogen and oxygen atoms in total. The van der Waals surface area contributed by atoms with Crippen molar-refractivity contribution < 1.29 is 18.7 Å². The fourth-order valence-electron chi connectivity index (χ4n) is 1.52. The zero-order valence-electron chi connectivity index (χ0n) is 10.8. The maximum absolute atomic E-state index is 11.2. The monoisotopic (exact) mass is 254 g/mol. The largest absolute Gasteiger partial charge is 0.467 e. The lowest BCUT2D eigenvalue weighted by Gasteiger charge is -2.24. The van der Waals surface area contributed by atoms with Crippen molar-refractivity contribution >= 4 is 11.9 Å². The molecule has 0 saturated carbocycles. The fourth-order valence-corrected chi connectivity index (χ4v) is 1.52. The van der Waals surface area contributed by atoms with E-state index in [2.05, 4.69) is 10.1 Å². The van der Waals surface area contributed by atoms with Crippen LogP contribution in [0.2, 0.25) is 0 Å². The second-order valence-electron chi connectivity index (χ2n) is 4.67. The summed E-state index contributed by atoms with van der Waals surface area (Å²) in [7, 11) is 1.31. The van der Waals surface area contributed by atoms with E-state index in [1.165, 1.54) is 13.4 Å². The maximum atomic E-state index is 11.2. The van der Waals surface area contributed by atoms with E-state index in [4.69, 9.17) is 10.2 Å². The van der Waals surface area contributed by atoms with Crippen molar-refractivity contribution in [3.05, 3.63) is 23.7 Å². The minimum Gasteiger partial charge on any atom is -0.467 e. The average Bonchev–Trinajstić information content (AvgIpc) is 2.72. The molecule has 1 rings (SSSR count). The minimum absolute atomic E-state index is 0.220. The summed E-state index contributed by atoms with van der Waals surface area (Å²) in [6.07, 6.45) is 1.56. The number of rotatable bonds is 6. The molecule has 0 atom stereocenters. The standard InChI is InChI=1S/C12H18N2O4/c1-12(2,5-10(13)15)14-6-9-4-8(7-18-9)11(16)17-3/h4,7,14H,5-6H2,1-3H3,(H2,13,15). The molecular formula is C12H18N2O4. The summed E-state index contributed by atoms with van der Waals surface area (Å²) in [4.78, 5) is 22.1. The van der Waals surface area contributed by atoms with E-state index in [1.54, 1.807) is 6.07 Å². The van der Waals surface area contributed by atoms with E-state index in [-0.39, 0.29) is 12.3 Å². The Hall–Kier alpha value is -1.82. The number of esters is 1. The van der Waals surface area contributed by atoms with E-state index in [0.29, 0.717) is 17.9 Å². The number of nitrogens with two attached hydrogens (primary N) is 1. The number of nitrogens with one attached hydrogen (secondary N) is 1. The topological polar surface area (TPSA) is 94.6 Å². The summed E-state index contributed by atoms with van der Waals surface area (Å²) in [5.41, 5.74) is 5.08. The molecule has 0 aliphatic carbocycles. The van der Waals surface area contributed by atoms with E-state index in [9.17, 15) is 9.59 Å². The Morgan fingerprint density at radius 2 is 2.17 bits per heavy atom. The number of carbonyl (C=O) groups excluding carboxylic acids is 2. The third-order valence-electron chi connectivity index (χ3n) is 2.43. The third kappa shape index (κ3) is 4.21. The van der Waals surface area contributed by atoms with Crippen LogP contribution in [0, 0.1) is 0 Å². The first-order valence-corrected chi connectivity index (χ1v) is 5.53. The van der Waals surface area contributed by atoms with E-state index in [0.717, 1.165) is 0 Å². The number of methoxy groups -OCH3 is 1. The van der Waals surface area contributed by atoms with Crippen LogP contribution in [0.5, 0.6) is 0 Å². The molecule has 0 unspecified atom stereocenters. The van der Waals surface area contributed by atoms with Gasteiger partial charge in [0.15, 0.2) is 0 Å². The Kier molecular flexibility index (Phi) is 4.49. The molecule has 0 aliphatic rings. The van der Waals surface area contributed by atoms with Gasteiger partial charge >= 0.3 is 5.97 Å². The lowest BCUT2D eigenvalue weighted by atomic mass is 10.0. The van der Waals surface area contributed by atoms with Gasteiger partial charge in [0.25, 0.3) is 0 Å². The Morgan fingerprint density at radius 1 is 1.50 bits per heavy atom. The molecule has 3 N–H and O–H groups in total. The number of carbonyl (C=O) groups is 2. The highest BCUT2D eigenvalue weighted by Gasteiger charge is 2.20. The van der Waals surface area contributed by atoms with Crippen molar-refractivity contribution in [2.45, 2.75) is 32.4 Å². The SMILES string of the molecule is COC(=O)c1coc(CNC(C)(C)CC(N)=O)c1. The van der Waals surface area contributed by atoms with Gasteiger partial charge in [-0.25, -0.2) is 4.79 Å². The summed E-state index contributed by atoms with van der Waals surface area (Å²) >= 11 is 0. The van der Waals surface area contributed by atoms with Crippen molar-refractivity contribution in [3.63, 3.8) is 0 Å². The lowest BCUT2D eigenvalue weighted by Crippen LogP contribution is -2.42. The van der Waals surface area contributed by atoms with Crippen LogP contribution in [0.4, 0.5) is 0 Å². The second kappa shape index (κ2) is 5.68. The summed E-state index contributed by atoms with van der Waals surface area (Å²) in [6.45, 7) is 4.13. The Labute approximate surface area is 105 Å². The van der Waals surface area contributed by atoms with Crippen molar-refractivity contribution in [1.82, 2.24) is 5.32 Å². The Morgan fingerprint density at radius 3 is 2.72 bits per heavy atom. The van der Waals surface area contributed by atoms with E-state index in [1.807, 2.05) is 13.8 Å². The first-order valence-electron chi connectivity index (χ1n) is 5.53. The normalized spacial score (nSPS) is 11.3. The second-order valence-corrected chi connectivity index (χ2v) is 4.67. The lowest BCUT2D eigenvalue weighted by molar-refractivity contribution is -0.119. The van der Waals surface area contributed by atoms with Crippen LogP contribution in [-0.4, -0.2) is 24.5 Å². The van der Waals surface area contributed by atoms with Crippen molar-refractivity contribution in [1.29, 1.82) is 0 Å². The van der Waals surface area contributed by atoms with Crippen molar-refractivity contribution in [2.24, 2.45) is 5.73 Å². The van der Waals surface area contributed by atoms with Gasteiger partial charge in [0, 0.05) is 12.0 Å². The molecule has 0 aromatic carbocycles. The van der Waals surface area contributed by atoms with Gasteiger partial charge in [-0.05, 0) is 19.9 Å². The van der Waals surface area contributed by atoms with Crippen LogP contribution in [0.15, 0.2) is 16.7 Å². The molecular weight excluding hydrogens is 236 g/mol. The molecule has 6 heteroatoms. The van der Waals surface area contributed by atoms with Gasteiger partial charge in [-0.1, -0.05) is 0 Å². The number of hydrogen-bond donors (Lipinski definition) is 2. The molecule has 0 radical (unpaired) electrons. The zero-order valence-corrected chi connectivity index (χ0v) is 10.8. The first kappa shape index (κ1) is 14.2. The van der Waals surface area contributed by atoms with E-state index < -0.39 is 11.5 Å². The predicted molar refractivity (Wildman–Crippen MR) is 64.8 cm³/mol. The molecule has 0 aliphatic heterocycles. The molecule has 0 bridgehead atoms. The highest BCUT2D eigenvalue weighted by atomic mass is 16.5. The van der Waals surface area contributed by atoms with E-state index >= 15 is 0 Å². The molecule has 1 aromatic heterocycles. The molecule has 0 saturated heterocycles. The summed E-state index contributed by atoms with van der Waals surface area (Å²) < 4.78 is 9.78. The number of amides is 1. The zero-order chi connectivity index (χ0) is 13.8. The van der Waals surface area contributed by atoms with Gasteiger partial charge in [0.05, 0.1) is 19.2 Å². The third-order valence-corrected chi connectivity index (χ3v) is 2.43. The highest BCUT2D eigenvalue weighted by molar-refractivity contribution is 5.88. The Bertz CT molecular complexity index is 437. The molecule has 1 heterocycles. The van der Waals surface area contributed by atoms with Gasteiger partial charge in [-0.15, -0.1) is 0 Å². The quantitative estimate of drug-likeness (QED) is 0.732. The molecule has 0 spiro atoms. The Balaban J connectivity index is 2.56. The minimum atomic E-state index is -0.443. The molecule has 0 fully saturated rings. The molecule has 18 heavy (non-hydrogen) atoms. The highest BCUT2D eigenvalue weighted by Crippen LogP contribution is 2.12. The number of ether oxygens (including phenoxy) is 1. The summed E-state index contributed by atoms with van der Waals surface area (Å²) in [5.74, 6) is -0.225. The van der Waals surface area contributed by atoms with Gasteiger partial charge < -0.3 is 20.2 Å². The van der Waals surface area contributed by atoms with Crippen LogP contribution in [0.1, 0.15) is 36.4 Å². The van der Waals surface area contributed by atoms with Crippen LogP contribution < -0.4 is 11.1 Å². The van der Waals surface area contributed by atoms with Gasteiger partial charge in [0.1, 0.15) is 12.0 Å². The number of hydrogen-bond acceptors (Lipinski definition) is 5. The summed E-state index contributed by atoms with van der Waals surface area (Å²) in [5, 5.41) is 3.13. The van der Waals surface area contributed by atoms with Crippen molar-refractivity contribution in [3.8, 4) is 0 Å². The number of primary amides is 1. The maximum Gasteiger partial charge on any atom is 0.341 e. The van der Waals surface area contributed by atoms with Crippen LogP contribution in [0.25, 0.3) is 0 Å². The molecule has 100 valence electrons. The van der Waals surface area contributed by atoms with Crippen molar-refractivity contribution in [2.75, 3.05) is 7.11 Å². The average molecular weight is 254 g/mol. The van der Waals surface area contributed by atoms with Gasteiger partial charge in [-0.3, -0.25) is 4.79 Å². The van der Waals surface area contributed by atoms with Crippen LogP contribution in [-0.2, 0) is 16.1 Å². The number of furan rings is 1. The molecule has 1 aromatic rings. The first-order chi connectivity index (χ1) is 8.34. The molecule has 1 amide bonds. The van der Waals surface area contributed by atoms with Gasteiger partial charge in [0.2, 0.25) is 5.91 Å². The predicted octanol–water partition coefficient (Wildman–Crippen LogP) is 0.810. The smallest absolute Gasteiger partial charge is 0.341 e. The fraction of sp³-hybridized carbons (Fsp3) is 0.500. The summed E-state index contributed by atoms with van der Waals surface area (Å²) in [6, 6.07) is 1.60.